The zero-order valence-corrected chi connectivity index (χ0v) is 25.0. The molecule has 38 heavy (non-hydrogen) atoms. The summed E-state index contributed by atoms with van der Waals surface area (Å²) in [5.41, 5.74) is 2.70. The second-order valence-corrected chi connectivity index (χ2v) is 18.6. The van der Waals surface area contributed by atoms with Crippen molar-refractivity contribution in [2.45, 2.75) is 77.1 Å². The third-order valence-electron chi connectivity index (χ3n) is 7.73. The monoisotopic (exact) mass is 552 g/mol. The minimum absolute atomic E-state index is 0.0917. The fraction of sp³-hybridized carbons (Fsp3) is 0.607. The lowest BCUT2D eigenvalue weighted by atomic mass is 9.94. The van der Waals surface area contributed by atoms with Crippen molar-refractivity contribution in [3.63, 3.8) is 0 Å². The lowest BCUT2D eigenvalue weighted by Crippen LogP contribution is -2.38. The van der Waals surface area contributed by atoms with Crippen LogP contribution in [0.3, 0.4) is 0 Å². The van der Waals surface area contributed by atoms with Gasteiger partial charge in [-0.3, -0.25) is 14.7 Å². The molecule has 10 heteroatoms. The predicted molar refractivity (Wildman–Crippen MR) is 157 cm³/mol. The second-order valence-electron chi connectivity index (χ2n) is 12.0. The van der Waals surface area contributed by atoms with Gasteiger partial charge in [-0.25, -0.2) is 4.98 Å². The van der Waals surface area contributed by atoms with Crippen molar-refractivity contribution in [2.24, 2.45) is 5.92 Å². The molecule has 1 saturated carbocycles. The number of carbonyl (C=O) groups excluding carboxylic acids is 1. The van der Waals surface area contributed by atoms with Gasteiger partial charge in [-0.1, -0.05) is 43.8 Å². The molecule has 0 amide bonds. The number of ketones is 1. The van der Waals surface area contributed by atoms with Gasteiger partial charge in [0.15, 0.2) is 0 Å². The Morgan fingerprint density at radius 3 is 2.71 bits per heavy atom. The summed E-state index contributed by atoms with van der Waals surface area (Å²) in [5, 5.41) is 11.1. The van der Waals surface area contributed by atoms with Gasteiger partial charge in [-0.05, 0) is 56.9 Å². The highest BCUT2D eigenvalue weighted by Gasteiger charge is 2.26. The number of aromatic nitrogens is 4. The topological polar surface area (TPSA) is 84.3 Å². The molecule has 0 bridgehead atoms. The summed E-state index contributed by atoms with van der Waals surface area (Å²) in [5.74, 6) is 1.67. The van der Waals surface area contributed by atoms with E-state index in [0.717, 1.165) is 71.3 Å². The van der Waals surface area contributed by atoms with E-state index in [1.54, 1.807) is 18.3 Å². The quantitative estimate of drug-likeness (QED) is 0.162. The number of anilines is 3. The highest BCUT2D eigenvalue weighted by Crippen LogP contribution is 2.38. The molecule has 1 unspecified atom stereocenters. The number of carbonyl (C=O) groups is 1. The van der Waals surface area contributed by atoms with Crippen LogP contribution in [0.4, 0.5) is 16.6 Å². The first kappa shape index (κ1) is 27.1. The zero-order chi connectivity index (χ0) is 26.7. The Balaban J connectivity index is 1.41. The Hall–Kier alpha value is -2.43. The van der Waals surface area contributed by atoms with Crippen molar-refractivity contribution in [1.29, 1.82) is 0 Å². The lowest BCUT2D eigenvalue weighted by Gasteiger charge is -2.33. The molecule has 8 nitrogen and oxygen atoms in total. The van der Waals surface area contributed by atoms with Crippen LogP contribution in [0.25, 0.3) is 11.0 Å². The average Bonchev–Trinajstić information content (AvgIpc) is 3.60. The molecule has 3 aromatic rings. The van der Waals surface area contributed by atoms with Gasteiger partial charge in [-0.2, -0.15) is 0 Å². The third-order valence-corrected chi connectivity index (χ3v) is 10.5. The van der Waals surface area contributed by atoms with Gasteiger partial charge >= 0.3 is 0 Å². The Bertz CT molecular complexity index is 1260. The molecule has 0 N–H and O–H groups in total. The van der Waals surface area contributed by atoms with E-state index < -0.39 is 8.07 Å². The highest BCUT2D eigenvalue weighted by atomic mass is 32.1. The van der Waals surface area contributed by atoms with Gasteiger partial charge in [-0.15, -0.1) is 10.2 Å². The van der Waals surface area contributed by atoms with Crippen molar-refractivity contribution in [3.8, 4) is 0 Å². The first-order valence-electron chi connectivity index (χ1n) is 14.0. The Morgan fingerprint density at radius 1 is 1.13 bits per heavy atom. The molecule has 3 aromatic heterocycles. The first-order valence-corrected chi connectivity index (χ1v) is 18.5. The minimum atomic E-state index is -1.19. The molecule has 4 heterocycles. The molecule has 2 aliphatic rings. The van der Waals surface area contributed by atoms with E-state index in [9.17, 15) is 4.79 Å². The van der Waals surface area contributed by atoms with Gasteiger partial charge in [0.2, 0.25) is 5.13 Å². The molecular formula is C28H40N6O2SSi. The van der Waals surface area contributed by atoms with Crippen LogP contribution in [-0.2, 0) is 9.53 Å². The standard InChI is InChI=1S/C28H40N6O2SSi/c1-20(35)22-10-7-13-33(18-22)23-16-25-24(29-17-23)11-12-26(30-25)34(19-36-14-15-38(2,3)4)28-32-31-27(37-28)21-8-5-6-9-21/h11-12,16-17,21-22H,5-10,13-15,18-19H2,1-4H3. The van der Waals surface area contributed by atoms with Crippen LogP contribution in [0.15, 0.2) is 24.4 Å². The van der Waals surface area contributed by atoms with Gasteiger partial charge < -0.3 is 9.64 Å². The Morgan fingerprint density at radius 2 is 1.95 bits per heavy atom. The average molecular weight is 553 g/mol. The largest absolute Gasteiger partial charge is 0.370 e. The summed E-state index contributed by atoms with van der Waals surface area (Å²) in [6, 6.07) is 7.23. The molecule has 1 saturated heterocycles. The van der Waals surface area contributed by atoms with Crippen LogP contribution in [0.2, 0.25) is 25.7 Å². The lowest BCUT2D eigenvalue weighted by molar-refractivity contribution is -0.120. The molecule has 1 aliphatic heterocycles. The number of hydrogen-bond donors (Lipinski definition) is 0. The maximum Gasteiger partial charge on any atom is 0.215 e. The number of nitrogens with zero attached hydrogens (tertiary/aromatic N) is 6. The Kier molecular flexibility index (Phi) is 8.40. The third kappa shape index (κ3) is 6.58. The summed E-state index contributed by atoms with van der Waals surface area (Å²) in [6.45, 7) is 11.6. The van der Waals surface area contributed by atoms with E-state index in [2.05, 4.69) is 45.7 Å². The number of piperidine rings is 1. The highest BCUT2D eigenvalue weighted by molar-refractivity contribution is 7.15. The summed E-state index contributed by atoms with van der Waals surface area (Å²) in [7, 11) is -1.19. The van der Waals surface area contributed by atoms with Crippen molar-refractivity contribution in [3.05, 3.63) is 29.4 Å². The first-order chi connectivity index (χ1) is 18.3. The van der Waals surface area contributed by atoms with Gasteiger partial charge in [0.25, 0.3) is 0 Å². The number of hydrogen-bond acceptors (Lipinski definition) is 9. The second kappa shape index (κ2) is 11.8. The van der Waals surface area contributed by atoms with Gasteiger partial charge in [0.1, 0.15) is 23.3 Å². The van der Waals surface area contributed by atoms with E-state index in [4.69, 9.17) is 14.7 Å². The molecular weight excluding hydrogens is 513 g/mol. The van der Waals surface area contributed by atoms with Crippen LogP contribution >= 0.6 is 11.3 Å². The molecule has 1 atom stereocenters. The predicted octanol–water partition coefficient (Wildman–Crippen LogP) is 6.39. The maximum absolute atomic E-state index is 12.0. The van der Waals surface area contributed by atoms with Crippen molar-refractivity contribution in [2.75, 3.05) is 36.2 Å². The van der Waals surface area contributed by atoms with Crippen LogP contribution in [0, 0.1) is 5.92 Å². The van der Waals surface area contributed by atoms with Gasteiger partial charge in [0.05, 0.1) is 22.9 Å². The number of ether oxygens (including phenoxy) is 1. The fourth-order valence-corrected chi connectivity index (χ4v) is 7.04. The van der Waals surface area contributed by atoms with E-state index in [1.807, 2.05) is 18.3 Å². The van der Waals surface area contributed by atoms with E-state index >= 15 is 0 Å². The van der Waals surface area contributed by atoms with Gasteiger partial charge in [0, 0.05) is 39.6 Å². The zero-order valence-electron chi connectivity index (χ0n) is 23.2. The summed E-state index contributed by atoms with van der Waals surface area (Å²) in [6.07, 6.45) is 8.83. The summed E-state index contributed by atoms with van der Waals surface area (Å²) >= 11 is 1.67. The molecule has 1 aliphatic carbocycles. The van der Waals surface area contributed by atoms with Crippen molar-refractivity contribution in [1.82, 2.24) is 20.2 Å². The SMILES string of the molecule is CC(=O)C1CCCN(c2cnc3ccc(N(COCC[Si](C)(C)C)c4nnc(C5CCCC5)s4)nc3c2)C1. The van der Waals surface area contributed by atoms with Crippen LogP contribution in [-0.4, -0.2) is 60.4 Å². The Labute approximate surface area is 230 Å². The number of fused-ring (bicyclic) bond motifs is 1. The number of rotatable bonds is 10. The van der Waals surface area contributed by atoms with E-state index in [1.165, 1.54) is 25.7 Å². The molecule has 5 rings (SSSR count). The number of Topliss-reactive ketones (excluding diaryl/α,β-unsaturated/α-hetero) is 1. The molecule has 204 valence electrons. The van der Waals surface area contributed by atoms with Crippen LogP contribution in [0.5, 0.6) is 0 Å². The van der Waals surface area contributed by atoms with Crippen LogP contribution in [0.1, 0.15) is 56.4 Å². The smallest absolute Gasteiger partial charge is 0.215 e. The molecule has 2 fully saturated rings. The van der Waals surface area contributed by atoms with Crippen LogP contribution < -0.4 is 9.80 Å². The van der Waals surface area contributed by atoms with Crippen molar-refractivity contribution >= 4 is 52.9 Å². The minimum Gasteiger partial charge on any atom is -0.370 e. The molecule has 0 radical (unpaired) electrons. The molecule has 0 aromatic carbocycles. The van der Waals surface area contributed by atoms with Crippen molar-refractivity contribution < 1.29 is 9.53 Å². The fourth-order valence-electron chi connectivity index (χ4n) is 5.28. The summed E-state index contributed by atoms with van der Waals surface area (Å²) in [4.78, 5) is 26.1. The van der Waals surface area contributed by atoms with E-state index in [0.29, 0.717) is 12.6 Å². The molecule has 0 spiro atoms. The van der Waals surface area contributed by atoms with E-state index in [-0.39, 0.29) is 11.7 Å². The summed E-state index contributed by atoms with van der Waals surface area (Å²) < 4.78 is 6.18. The normalized spacial score (nSPS) is 18.8. The maximum atomic E-state index is 12.0. The number of pyridine rings is 2.